The van der Waals surface area contributed by atoms with Crippen LogP contribution in [0.15, 0.2) is 24.3 Å². The molecule has 0 unspecified atom stereocenters. The van der Waals surface area contributed by atoms with Gasteiger partial charge in [-0.05, 0) is 32.9 Å². The minimum Gasteiger partial charge on any atom is -0.484 e. The third-order valence-electron chi connectivity index (χ3n) is 4.67. The van der Waals surface area contributed by atoms with Crippen LogP contribution in [0.1, 0.15) is 20.8 Å². The summed E-state index contributed by atoms with van der Waals surface area (Å²) in [5.74, 6) is 0.685. The molecule has 0 aliphatic heterocycles. The Labute approximate surface area is 156 Å². The molecule has 0 aliphatic carbocycles. The van der Waals surface area contributed by atoms with Crippen LogP contribution in [0.5, 0.6) is 11.5 Å². The number of rotatable bonds is 10. The van der Waals surface area contributed by atoms with Crippen molar-refractivity contribution in [2.24, 2.45) is 0 Å². The van der Waals surface area contributed by atoms with E-state index in [2.05, 4.69) is 26.1 Å². The van der Waals surface area contributed by atoms with Gasteiger partial charge in [0.2, 0.25) is 0 Å². The van der Waals surface area contributed by atoms with E-state index in [1.807, 2.05) is 0 Å². The molecule has 1 rings (SSSR count). The van der Waals surface area contributed by atoms with E-state index < -0.39 is 6.09 Å². The number of ether oxygens (including phenoxy) is 2. The molecule has 0 spiro atoms. The molecule has 26 heavy (non-hydrogen) atoms. The molecule has 7 heteroatoms. The number of benzene rings is 1. The summed E-state index contributed by atoms with van der Waals surface area (Å²) < 4.78 is 11.6. The summed E-state index contributed by atoms with van der Waals surface area (Å²) in [5, 5.41) is 2.90. The first-order valence-electron chi connectivity index (χ1n) is 9.09. The van der Waals surface area contributed by atoms with Crippen molar-refractivity contribution >= 4 is 12.0 Å². The van der Waals surface area contributed by atoms with Gasteiger partial charge in [0.1, 0.15) is 11.5 Å². The predicted octanol–water partition coefficient (Wildman–Crippen LogP) is 2.12. The Morgan fingerprint density at radius 2 is 1.69 bits per heavy atom. The fraction of sp³-hybridized carbons (Fsp3) is 0.579. The van der Waals surface area contributed by atoms with Gasteiger partial charge in [0.15, 0.2) is 6.61 Å². The highest BCUT2D eigenvalue weighted by molar-refractivity contribution is 5.77. The van der Waals surface area contributed by atoms with Crippen LogP contribution in [0.25, 0.3) is 0 Å². The van der Waals surface area contributed by atoms with Crippen molar-refractivity contribution in [2.45, 2.75) is 20.8 Å². The van der Waals surface area contributed by atoms with Crippen LogP contribution in [0.4, 0.5) is 4.79 Å². The molecule has 0 radical (unpaired) electrons. The molecule has 0 aliphatic rings. The zero-order valence-electron chi connectivity index (χ0n) is 16.6. The smallest absolute Gasteiger partial charge is 0.414 e. The number of likely N-dealkylation sites (N-methyl/N-ethyl adjacent to an activating group) is 1. The minimum atomic E-state index is -0.468. The number of nitrogens with one attached hydrogen (secondary N) is 1. The second-order valence-corrected chi connectivity index (χ2v) is 6.39. The molecule has 1 aromatic rings. The zero-order valence-corrected chi connectivity index (χ0v) is 16.6. The molecule has 0 heterocycles. The summed E-state index contributed by atoms with van der Waals surface area (Å²) in [6.07, 6.45) is -0.468. The molecule has 0 fully saturated rings. The molecule has 1 N–H and O–H groups in total. The lowest BCUT2D eigenvalue weighted by molar-refractivity contribution is -0.922. The van der Waals surface area contributed by atoms with Crippen molar-refractivity contribution in [1.82, 2.24) is 10.2 Å². The number of nitrogens with zero attached hydrogens (tertiary/aromatic N) is 2. The van der Waals surface area contributed by atoms with Crippen LogP contribution in [0, 0.1) is 0 Å². The largest absolute Gasteiger partial charge is 0.484 e. The Bertz CT molecular complexity index is 578. The number of amides is 2. The third kappa shape index (κ3) is 6.92. The maximum atomic E-state index is 12.0. The Balaban J connectivity index is 2.44. The van der Waals surface area contributed by atoms with E-state index in [1.165, 1.54) is 4.90 Å². The first kappa shape index (κ1) is 21.8. The van der Waals surface area contributed by atoms with Crippen LogP contribution in [0.2, 0.25) is 0 Å². The molecule has 7 nitrogen and oxygen atoms in total. The first-order chi connectivity index (χ1) is 12.4. The maximum Gasteiger partial charge on any atom is 0.414 e. The van der Waals surface area contributed by atoms with Crippen LogP contribution in [-0.2, 0) is 4.79 Å². The number of hydrogen-bond donors (Lipinski definition) is 1. The van der Waals surface area contributed by atoms with Crippen LogP contribution < -0.4 is 14.8 Å². The zero-order chi connectivity index (χ0) is 19.6. The second-order valence-electron chi connectivity index (χ2n) is 6.39. The van der Waals surface area contributed by atoms with Gasteiger partial charge >= 0.3 is 6.09 Å². The lowest BCUT2D eigenvalue weighted by Gasteiger charge is -2.35. The standard InChI is InChI=1S/C19H31N3O4/c1-6-22(7-2,8-3)13-12-20-18(23)15-25-16-10-9-11-17(14-16)26-19(24)21(4)5/h9-11,14H,6-8,12-13,15H2,1-5H3/p+1. The van der Waals surface area contributed by atoms with E-state index in [0.717, 1.165) is 30.7 Å². The van der Waals surface area contributed by atoms with E-state index in [1.54, 1.807) is 38.4 Å². The average Bonchev–Trinajstić information content (AvgIpc) is 2.64. The quantitative estimate of drug-likeness (QED) is 0.644. The molecule has 2 amide bonds. The summed E-state index contributed by atoms with van der Waals surface area (Å²) in [5.41, 5.74) is 0. The van der Waals surface area contributed by atoms with Crippen molar-refractivity contribution < 1.29 is 23.5 Å². The highest BCUT2D eigenvalue weighted by Crippen LogP contribution is 2.19. The number of hydrogen-bond acceptors (Lipinski definition) is 4. The molecule has 146 valence electrons. The van der Waals surface area contributed by atoms with Crippen LogP contribution in [-0.4, -0.2) is 74.8 Å². The molecule has 0 bridgehead atoms. The third-order valence-corrected chi connectivity index (χ3v) is 4.67. The van der Waals surface area contributed by atoms with Crippen molar-refractivity contribution in [2.75, 3.05) is 53.4 Å². The van der Waals surface area contributed by atoms with Gasteiger partial charge in [0, 0.05) is 20.2 Å². The Kier molecular flexibility index (Phi) is 8.92. The Morgan fingerprint density at radius 1 is 1.08 bits per heavy atom. The van der Waals surface area contributed by atoms with Gasteiger partial charge in [-0.25, -0.2) is 4.79 Å². The van der Waals surface area contributed by atoms with E-state index in [0.29, 0.717) is 18.0 Å². The molecule has 0 aromatic heterocycles. The molecule has 1 aromatic carbocycles. The first-order valence-corrected chi connectivity index (χ1v) is 9.09. The average molecular weight is 366 g/mol. The van der Waals surface area contributed by atoms with Gasteiger partial charge in [-0.15, -0.1) is 0 Å². The van der Waals surface area contributed by atoms with Gasteiger partial charge in [-0.3, -0.25) is 4.79 Å². The van der Waals surface area contributed by atoms with Crippen molar-refractivity contribution in [3.8, 4) is 11.5 Å². The highest BCUT2D eigenvalue weighted by Gasteiger charge is 2.20. The monoisotopic (exact) mass is 366 g/mol. The van der Waals surface area contributed by atoms with E-state index in [-0.39, 0.29) is 12.5 Å². The lowest BCUT2D eigenvalue weighted by atomic mass is 10.3. The van der Waals surface area contributed by atoms with Gasteiger partial charge in [-0.2, -0.15) is 0 Å². The van der Waals surface area contributed by atoms with E-state index >= 15 is 0 Å². The normalized spacial score (nSPS) is 11.0. The molecular weight excluding hydrogens is 334 g/mol. The fourth-order valence-electron chi connectivity index (χ4n) is 2.60. The predicted molar refractivity (Wildman–Crippen MR) is 101 cm³/mol. The van der Waals surface area contributed by atoms with Crippen molar-refractivity contribution in [3.05, 3.63) is 24.3 Å². The Hall–Kier alpha value is -2.28. The summed E-state index contributed by atoms with van der Waals surface area (Å²) in [6.45, 7) is 11.1. The van der Waals surface area contributed by atoms with Gasteiger partial charge < -0.3 is 24.2 Å². The number of carbonyl (C=O) groups excluding carboxylic acids is 2. The molecule has 0 saturated heterocycles. The summed E-state index contributed by atoms with van der Waals surface area (Å²) in [6, 6.07) is 6.67. The van der Waals surface area contributed by atoms with E-state index in [4.69, 9.17) is 9.47 Å². The summed E-state index contributed by atoms with van der Waals surface area (Å²) >= 11 is 0. The topological polar surface area (TPSA) is 67.9 Å². The van der Waals surface area contributed by atoms with Gasteiger partial charge in [0.25, 0.3) is 5.91 Å². The maximum absolute atomic E-state index is 12.0. The van der Waals surface area contributed by atoms with Crippen molar-refractivity contribution in [1.29, 1.82) is 0 Å². The molecule has 0 atom stereocenters. The van der Waals surface area contributed by atoms with Crippen LogP contribution >= 0.6 is 0 Å². The van der Waals surface area contributed by atoms with Gasteiger partial charge in [0.05, 0.1) is 32.7 Å². The van der Waals surface area contributed by atoms with Crippen LogP contribution in [0.3, 0.4) is 0 Å². The van der Waals surface area contributed by atoms with Crippen molar-refractivity contribution in [3.63, 3.8) is 0 Å². The second kappa shape index (κ2) is 10.7. The number of carbonyl (C=O) groups is 2. The fourth-order valence-corrected chi connectivity index (χ4v) is 2.60. The lowest BCUT2D eigenvalue weighted by Crippen LogP contribution is -2.51. The molecular formula is C19H32N3O4+. The Morgan fingerprint density at radius 3 is 2.27 bits per heavy atom. The minimum absolute atomic E-state index is 0.0740. The SMILES string of the molecule is CC[N+](CC)(CC)CCNC(=O)COc1cccc(OC(=O)N(C)C)c1. The summed E-state index contributed by atoms with van der Waals surface area (Å²) in [4.78, 5) is 24.9. The van der Waals surface area contributed by atoms with E-state index in [9.17, 15) is 9.59 Å². The van der Waals surface area contributed by atoms with Gasteiger partial charge in [-0.1, -0.05) is 6.07 Å². The number of quaternary nitrogens is 1. The molecule has 0 saturated carbocycles. The summed E-state index contributed by atoms with van der Waals surface area (Å²) in [7, 11) is 3.21. The highest BCUT2D eigenvalue weighted by atomic mass is 16.6.